The summed E-state index contributed by atoms with van der Waals surface area (Å²) in [6.07, 6.45) is 3.64. The minimum Gasteiger partial charge on any atom is -0.356 e. The van der Waals surface area contributed by atoms with E-state index >= 15 is 0 Å². The Balaban J connectivity index is 1.26. The smallest absolute Gasteiger partial charge is 0.223 e. The largest absolute Gasteiger partial charge is 0.356 e. The molecule has 25 heavy (non-hydrogen) atoms. The maximum atomic E-state index is 12.3. The van der Waals surface area contributed by atoms with Gasteiger partial charge in [-0.3, -0.25) is 4.79 Å². The molecule has 1 aliphatic rings. The Kier molecular flexibility index (Phi) is 4.45. The summed E-state index contributed by atoms with van der Waals surface area (Å²) in [5.41, 5.74) is 3.23. The van der Waals surface area contributed by atoms with Crippen LogP contribution in [-0.4, -0.2) is 22.0 Å². The first-order valence-electron chi connectivity index (χ1n) is 8.66. The Morgan fingerprint density at radius 2 is 2.00 bits per heavy atom. The summed E-state index contributed by atoms with van der Waals surface area (Å²) in [7, 11) is 0. The van der Waals surface area contributed by atoms with Crippen molar-refractivity contribution in [1.82, 2.24) is 14.9 Å². The minimum atomic E-state index is 0.0639. The van der Waals surface area contributed by atoms with Crippen LogP contribution in [0.25, 0.3) is 11.0 Å². The van der Waals surface area contributed by atoms with Gasteiger partial charge in [0.1, 0.15) is 0 Å². The second-order valence-electron chi connectivity index (χ2n) is 6.54. The molecule has 0 radical (unpaired) electrons. The summed E-state index contributed by atoms with van der Waals surface area (Å²) in [5, 5.41) is 3.82. The number of imidazole rings is 1. The van der Waals surface area contributed by atoms with Crippen LogP contribution in [0.15, 0.2) is 54.9 Å². The van der Waals surface area contributed by atoms with Crippen LogP contribution in [0.4, 0.5) is 0 Å². The standard InChI is InChI=1S/C20H20ClN3O/c21-17-7-2-1-6-14(17)15-12-16(15)20(25)22-10-5-11-24-13-23-18-8-3-4-9-19(18)24/h1-4,6-9,13,15-16H,5,10-12H2,(H,22,25). The van der Waals surface area contributed by atoms with Crippen LogP contribution < -0.4 is 5.32 Å². The van der Waals surface area contributed by atoms with E-state index in [1.807, 2.05) is 48.8 Å². The van der Waals surface area contributed by atoms with E-state index in [4.69, 9.17) is 11.6 Å². The van der Waals surface area contributed by atoms with Crippen molar-refractivity contribution in [2.45, 2.75) is 25.3 Å². The molecule has 1 fully saturated rings. The van der Waals surface area contributed by atoms with Gasteiger partial charge >= 0.3 is 0 Å². The average Bonchev–Trinajstić information content (AvgIpc) is 3.32. The second kappa shape index (κ2) is 6.89. The van der Waals surface area contributed by atoms with Crippen molar-refractivity contribution in [3.05, 3.63) is 65.4 Å². The summed E-state index contributed by atoms with van der Waals surface area (Å²) in [5.74, 6) is 0.473. The first-order valence-corrected chi connectivity index (χ1v) is 9.04. The van der Waals surface area contributed by atoms with Crippen molar-refractivity contribution in [1.29, 1.82) is 0 Å². The Morgan fingerprint density at radius 1 is 1.20 bits per heavy atom. The maximum absolute atomic E-state index is 12.3. The molecule has 0 spiro atoms. The fraction of sp³-hybridized carbons (Fsp3) is 0.300. The highest BCUT2D eigenvalue weighted by Gasteiger charge is 2.44. The first-order chi connectivity index (χ1) is 12.2. The molecule has 0 bridgehead atoms. The first kappa shape index (κ1) is 16.2. The molecule has 5 heteroatoms. The number of nitrogens with zero attached hydrogens (tertiary/aromatic N) is 2. The van der Waals surface area contributed by atoms with Crippen molar-refractivity contribution in [3.63, 3.8) is 0 Å². The van der Waals surface area contributed by atoms with E-state index in [1.54, 1.807) is 0 Å². The number of aromatic nitrogens is 2. The number of carbonyl (C=O) groups excluding carboxylic acids is 1. The van der Waals surface area contributed by atoms with E-state index < -0.39 is 0 Å². The molecule has 2 aromatic carbocycles. The quantitative estimate of drug-likeness (QED) is 0.681. The van der Waals surface area contributed by atoms with Gasteiger partial charge in [0, 0.05) is 24.0 Å². The van der Waals surface area contributed by atoms with Crippen LogP contribution in [0.1, 0.15) is 24.3 Å². The molecule has 4 rings (SSSR count). The number of rotatable bonds is 6. The van der Waals surface area contributed by atoms with Crippen LogP contribution in [-0.2, 0) is 11.3 Å². The number of aryl methyl sites for hydroxylation is 1. The average molecular weight is 354 g/mol. The summed E-state index contributed by atoms with van der Waals surface area (Å²) >= 11 is 6.22. The van der Waals surface area contributed by atoms with E-state index in [-0.39, 0.29) is 17.7 Å². The Bertz CT molecular complexity index is 905. The lowest BCUT2D eigenvalue weighted by Crippen LogP contribution is -2.27. The number of hydrogen-bond acceptors (Lipinski definition) is 2. The SMILES string of the molecule is O=C(NCCCn1cnc2ccccc21)C1CC1c1ccccc1Cl. The molecule has 0 aliphatic heterocycles. The molecule has 1 aromatic heterocycles. The van der Waals surface area contributed by atoms with Crippen molar-refractivity contribution in [2.75, 3.05) is 6.54 Å². The summed E-state index contributed by atoms with van der Waals surface area (Å²) in [6.45, 7) is 1.52. The second-order valence-corrected chi connectivity index (χ2v) is 6.95. The topological polar surface area (TPSA) is 46.9 Å². The molecule has 1 aliphatic carbocycles. The van der Waals surface area contributed by atoms with Gasteiger partial charge in [-0.05, 0) is 42.5 Å². The van der Waals surface area contributed by atoms with E-state index in [9.17, 15) is 4.79 Å². The lowest BCUT2D eigenvalue weighted by atomic mass is 10.1. The highest BCUT2D eigenvalue weighted by molar-refractivity contribution is 6.31. The van der Waals surface area contributed by atoms with Crippen LogP contribution in [0.2, 0.25) is 5.02 Å². The number of benzene rings is 2. The van der Waals surface area contributed by atoms with Crippen LogP contribution in [0.5, 0.6) is 0 Å². The third-order valence-corrected chi connectivity index (χ3v) is 5.18. The zero-order chi connectivity index (χ0) is 17.2. The van der Waals surface area contributed by atoms with Gasteiger partial charge < -0.3 is 9.88 Å². The predicted molar refractivity (Wildman–Crippen MR) is 99.7 cm³/mol. The van der Waals surface area contributed by atoms with Gasteiger partial charge in [-0.15, -0.1) is 0 Å². The lowest BCUT2D eigenvalue weighted by Gasteiger charge is -2.07. The molecular weight excluding hydrogens is 334 g/mol. The minimum absolute atomic E-state index is 0.0639. The van der Waals surface area contributed by atoms with Gasteiger partial charge in [0.05, 0.1) is 17.4 Å². The van der Waals surface area contributed by atoms with Crippen molar-refractivity contribution in [3.8, 4) is 0 Å². The van der Waals surface area contributed by atoms with E-state index in [2.05, 4.69) is 20.9 Å². The van der Waals surface area contributed by atoms with E-state index in [0.29, 0.717) is 6.54 Å². The van der Waals surface area contributed by atoms with Crippen LogP contribution in [0.3, 0.4) is 0 Å². The molecule has 128 valence electrons. The number of carbonyl (C=O) groups is 1. The van der Waals surface area contributed by atoms with E-state index in [1.165, 1.54) is 0 Å². The Morgan fingerprint density at radius 3 is 2.88 bits per heavy atom. The van der Waals surface area contributed by atoms with Gasteiger partial charge in [-0.2, -0.15) is 0 Å². The third kappa shape index (κ3) is 3.40. The number of halogens is 1. The molecule has 0 saturated heterocycles. The number of fused-ring (bicyclic) bond motifs is 1. The monoisotopic (exact) mass is 353 g/mol. The zero-order valence-corrected chi connectivity index (χ0v) is 14.6. The predicted octanol–water partition coefficient (Wildman–Crippen LogP) is 4.00. The van der Waals surface area contributed by atoms with Crippen molar-refractivity contribution in [2.24, 2.45) is 5.92 Å². The summed E-state index contributed by atoms with van der Waals surface area (Å²) < 4.78 is 2.13. The van der Waals surface area contributed by atoms with Gasteiger partial charge in [-0.1, -0.05) is 41.9 Å². The van der Waals surface area contributed by atoms with Gasteiger partial charge in [-0.25, -0.2) is 4.98 Å². The van der Waals surface area contributed by atoms with Gasteiger partial charge in [0.25, 0.3) is 0 Å². The number of amides is 1. The third-order valence-electron chi connectivity index (χ3n) is 4.83. The highest BCUT2D eigenvalue weighted by atomic mass is 35.5. The van der Waals surface area contributed by atoms with Crippen molar-refractivity contribution < 1.29 is 4.79 Å². The highest BCUT2D eigenvalue weighted by Crippen LogP contribution is 2.49. The normalized spacial score (nSPS) is 19.1. The molecule has 2 atom stereocenters. The molecular formula is C20H20ClN3O. The Labute approximate surface area is 151 Å². The maximum Gasteiger partial charge on any atom is 0.223 e. The number of nitrogens with one attached hydrogen (secondary N) is 1. The number of para-hydroxylation sites is 2. The molecule has 1 N–H and O–H groups in total. The van der Waals surface area contributed by atoms with Gasteiger partial charge in [0.15, 0.2) is 0 Å². The Hall–Kier alpha value is -2.33. The fourth-order valence-electron chi connectivity index (χ4n) is 3.38. The molecule has 2 unspecified atom stereocenters. The molecule has 1 amide bonds. The molecule has 1 saturated carbocycles. The van der Waals surface area contributed by atoms with E-state index in [0.717, 1.165) is 41.0 Å². The van der Waals surface area contributed by atoms with Crippen LogP contribution >= 0.6 is 11.6 Å². The molecule has 1 heterocycles. The summed E-state index contributed by atoms with van der Waals surface area (Å²) in [6, 6.07) is 15.9. The van der Waals surface area contributed by atoms with Crippen LogP contribution in [0, 0.1) is 5.92 Å². The molecule has 3 aromatic rings. The van der Waals surface area contributed by atoms with Gasteiger partial charge in [0.2, 0.25) is 5.91 Å². The zero-order valence-electron chi connectivity index (χ0n) is 13.9. The lowest BCUT2D eigenvalue weighted by molar-refractivity contribution is -0.122. The molecule has 4 nitrogen and oxygen atoms in total. The van der Waals surface area contributed by atoms with Crippen molar-refractivity contribution >= 4 is 28.5 Å². The number of hydrogen-bond donors (Lipinski definition) is 1. The summed E-state index contributed by atoms with van der Waals surface area (Å²) in [4.78, 5) is 16.7. The fourth-order valence-corrected chi connectivity index (χ4v) is 3.66.